The molecular formula is C20H30N2O3. The molecule has 2 bridgehead atoms. The largest absolute Gasteiger partial charge is 0.493 e. The number of benzene rings is 1. The summed E-state index contributed by atoms with van der Waals surface area (Å²) in [6.07, 6.45) is 5.54. The van der Waals surface area contributed by atoms with Crippen molar-refractivity contribution in [3.05, 3.63) is 23.8 Å². The van der Waals surface area contributed by atoms with Gasteiger partial charge in [0.25, 0.3) is 0 Å². The van der Waals surface area contributed by atoms with Crippen molar-refractivity contribution in [3.8, 4) is 11.5 Å². The first-order valence-corrected chi connectivity index (χ1v) is 9.31. The van der Waals surface area contributed by atoms with Crippen LogP contribution in [0.3, 0.4) is 0 Å². The average molecular weight is 346 g/mol. The van der Waals surface area contributed by atoms with Crippen molar-refractivity contribution in [3.63, 3.8) is 0 Å². The molecule has 2 fully saturated rings. The monoisotopic (exact) mass is 346 g/mol. The van der Waals surface area contributed by atoms with Crippen LogP contribution in [0.2, 0.25) is 0 Å². The number of nitrogens with one attached hydrogen (secondary N) is 2. The summed E-state index contributed by atoms with van der Waals surface area (Å²) < 4.78 is 10.5. The Bertz CT molecular complexity index is 605. The van der Waals surface area contributed by atoms with E-state index in [1.54, 1.807) is 14.2 Å². The fourth-order valence-electron chi connectivity index (χ4n) is 4.57. The zero-order chi connectivity index (χ0) is 17.8. The molecule has 25 heavy (non-hydrogen) atoms. The highest BCUT2D eigenvalue weighted by molar-refractivity contribution is 5.78. The van der Waals surface area contributed by atoms with Crippen molar-refractivity contribution >= 4 is 5.91 Å². The predicted molar refractivity (Wildman–Crippen MR) is 97.8 cm³/mol. The van der Waals surface area contributed by atoms with Gasteiger partial charge in [-0.15, -0.1) is 0 Å². The molecule has 1 aromatic carbocycles. The van der Waals surface area contributed by atoms with Crippen LogP contribution >= 0.6 is 0 Å². The molecule has 3 rings (SSSR count). The van der Waals surface area contributed by atoms with E-state index in [4.69, 9.17) is 9.47 Å². The molecular weight excluding hydrogens is 316 g/mol. The highest BCUT2D eigenvalue weighted by atomic mass is 16.5. The molecule has 1 aromatic rings. The number of amides is 1. The quantitative estimate of drug-likeness (QED) is 0.760. The third kappa shape index (κ3) is 4.27. The van der Waals surface area contributed by atoms with Crippen LogP contribution in [0, 0.1) is 17.8 Å². The number of carbonyl (C=O) groups excluding carboxylic acids is 1. The van der Waals surface area contributed by atoms with Crippen LogP contribution in [-0.4, -0.2) is 32.7 Å². The van der Waals surface area contributed by atoms with Gasteiger partial charge in [-0.1, -0.05) is 12.5 Å². The lowest BCUT2D eigenvalue weighted by molar-refractivity contribution is -0.120. The predicted octanol–water partition coefficient (Wildman–Crippen LogP) is 2.73. The summed E-state index contributed by atoms with van der Waals surface area (Å²) in [6.45, 7) is 3.10. The second kappa shape index (κ2) is 8.09. The topological polar surface area (TPSA) is 59.6 Å². The molecule has 0 aliphatic heterocycles. The van der Waals surface area contributed by atoms with Gasteiger partial charge in [-0.3, -0.25) is 4.79 Å². The minimum absolute atomic E-state index is 0.0322. The first kappa shape index (κ1) is 18.1. The molecule has 2 saturated carbocycles. The zero-order valence-electron chi connectivity index (χ0n) is 15.5. The zero-order valence-corrected chi connectivity index (χ0v) is 15.5. The maximum absolute atomic E-state index is 12.1. The highest BCUT2D eigenvalue weighted by Crippen LogP contribution is 2.49. The van der Waals surface area contributed by atoms with Crippen LogP contribution in [0.15, 0.2) is 18.2 Å². The van der Waals surface area contributed by atoms with Crippen LogP contribution in [-0.2, 0) is 11.3 Å². The Morgan fingerprint density at radius 2 is 2.00 bits per heavy atom. The number of ether oxygens (including phenoxy) is 2. The van der Waals surface area contributed by atoms with Crippen molar-refractivity contribution in [2.24, 2.45) is 17.8 Å². The molecule has 2 aliphatic carbocycles. The maximum Gasteiger partial charge on any atom is 0.234 e. The summed E-state index contributed by atoms with van der Waals surface area (Å²) in [5.41, 5.74) is 0.993. The van der Waals surface area contributed by atoms with Gasteiger partial charge in [0.05, 0.1) is 20.8 Å². The van der Waals surface area contributed by atoms with Crippen LogP contribution in [0.5, 0.6) is 11.5 Å². The molecule has 5 nitrogen and oxygen atoms in total. The maximum atomic E-state index is 12.1. The lowest BCUT2D eigenvalue weighted by atomic mass is 9.84. The molecule has 2 N–H and O–H groups in total. The highest BCUT2D eigenvalue weighted by Gasteiger charge is 2.41. The first-order chi connectivity index (χ1) is 12.1. The van der Waals surface area contributed by atoms with Gasteiger partial charge in [-0.2, -0.15) is 0 Å². The molecule has 0 spiro atoms. The number of hydrogen-bond acceptors (Lipinski definition) is 4. The Labute approximate surface area is 150 Å². The second-order valence-corrected chi connectivity index (χ2v) is 7.47. The third-order valence-electron chi connectivity index (χ3n) is 5.96. The van der Waals surface area contributed by atoms with Crippen molar-refractivity contribution in [1.29, 1.82) is 0 Å². The summed E-state index contributed by atoms with van der Waals surface area (Å²) in [5, 5.41) is 6.40. The summed E-state index contributed by atoms with van der Waals surface area (Å²) in [7, 11) is 3.23. The van der Waals surface area contributed by atoms with E-state index in [-0.39, 0.29) is 5.91 Å². The molecule has 0 aromatic heterocycles. The second-order valence-electron chi connectivity index (χ2n) is 7.47. The average Bonchev–Trinajstić information content (AvgIpc) is 3.27. The van der Waals surface area contributed by atoms with Crippen molar-refractivity contribution in [2.45, 2.75) is 45.2 Å². The molecule has 5 heteroatoms. The number of fused-ring (bicyclic) bond motifs is 2. The Hall–Kier alpha value is -1.75. The molecule has 4 atom stereocenters. The molecule has 2 aliphatic rings. The normalized spacial score (nSPS) is 25.6. The number of rotatable bonds is 8. The number of carbonyl (C=O) groups is 1. The van der Waals surface area contributed by atoms with Crippen LogP contribution in [0.1, 0.15) is 38.2 Å². The van der Waals surface area contributed by atoms with Gasteiger partial charge >= 0.3 is 0 Å². The lowest BCUT2D eigenvalue weighted by Crippen LogP contribution is -2.42. The number of methoxy groups -OCH3 is 2. The Kier molecular flexibility index (Phi) is 5.84. The van der Waals surface area contributed by atoms with E-state index in [0.29, 0.717) is 30.6 Å². The van der Waals surface area contributed by atoms with Crippen LogP contribution in [0.25, 0.3) is 0 Å². The standard InChI is InChI=1S/C20H30N2O3/c1-13(17-9-14-4-6-16(17)8-14)21-12-20(23)22-11-15-5-7-18(24-2)19(10-15)25-3/h5,7,10,13-14,16-17,21H,4,6,8-9,11-12H2,1-3H3,(H,22,23)/t13-,14-,16-,17-/m0/s1. The Balaban J connectivity index is 1.42. The minimum Gasteiger partial charge on any atom is -0.493 e. The van der Waals surface area contributed by atoms with Gasteiger partial charge in [0, 0.05) is 12.6 Å². The molecule has 0 saturated heterocycles. The Morgan fingerprint density at radius 3 is 2.64 bits per heavy atom. The van der Waals surface area contributed by atoms with Crippen molar-refractivity contribution in [1.82, 2.24) is 10.6 Å². The van der Waals surface area contributed by atoms with Gasteiger partial charge in [-0.25, -0.2) is 0 Å². The van der Waals surface area contributed by atoms with E-state index in [2.05, 4.69) is 17.6 Å². The summed E-state index contributed by atoms with van der Waals surface area (Å²) in [6, 6.07) is 6.11. The van der Waals surface area contributed by atoms with Gasteiger partial charge in [0.1, 0.15) is 0 Å². The molecule has 0 heterocycles. The van der Waals surface area contributed by atoms with Crippen LogP contribution in [0.4, 0.5) is 0 Å². The van der Waals surface area contributed by atoms with Gasteiger partial charge < -0.3 is 20.1 Å². The van der Waals surface area contributed by atoms with E-state index in [1.165, 1.54) is 25.7 Å². The summed E-state index contributed by atoms with van der Waals surface area (Å²) in [4.78, 5) is 12.1. The summed E-state index contributed by atoms with van der Waals surface area (Å²) in [5.74, 6) is 3.97. The van der Waals surface area contributed by atoms with E-state index in [9.17, 15) is 4.79 Å². The molecule has 138 valence electrons. The van der Waals surface area contributed by atoms with Gasteiger partial charge in [-0.05, 0) is 61.6 Å². The van der Waals surface area contributed by atoms with E-state index < -0.39 is 0 Å². The molecule has 0 unspecified atom stereocenters. The van der Waals surface area contributed by atoms with E-state index in [1.807, 2.05) is 18.2 Å². The van der Waals surface area contributed by atoms with Crippen molar-refractivity contribution < 1.29 is 14.3 Å². The van der Waals surface area contributed by atoms with E-state index in [0.717, 1.165) is 23.3 Å². The summed E-state index contributed by atoms with van der Waals surface area (Å²) >= 11 is 0. The van der Waals surface area contributed by atoms with Gasteiger partial charge in [0.15, 0.2) is 11.5 Å². The fourth-order valence-corrected chi connectivity index (χ4v) is 4.57. The molecule has 1 amide bonds. The van der Waals surface area contributed by atoms with Gasteiger partial charge in [0.2, 0.25) is 5.91 Å². The fraction of sp³-hybridized carbons (Fsp3) is 0.650. The third-order valence-corrected chi connectivity index (χ3v) is 5.96. The van der Waals surface area contributed by atoms with E-state index >= 15 is 0 Å². The number of hydrogen-bond donors (Lipinski definition) is 2. The van der Waals surface area contributed by atoms with Crippen LogP contribution < -0.4 is 20.1 Å². The molecule has 0 radical (unpaired) electrons. The first-order valence-electron chi connectivity index (χ1n) is 9.31. The smallest absolute Gasteiger partial charge is 0.234 e. The minimum atomic E-state index is 0.0322. The lowest BCUT2D eigenvalue weighted by Gasteiger charge is -2.28. The Morgan fingerprint density at radius 1 is 1.20 bits per heavy atom. The SMILES string of the molecule is COc1ccc(CNC(=O)CN[C@@H](C)[C@@H]2C[C@H]3CC[C@H]2C3)cc1OC. The van der Waals surface area contributed by atoms with Crippen molar-refractivity contribution in [2.75, 3.05) is 20.8 Å².